The summed E-state index contributed by atoms with van der Waals surface area (Å²) in [6, 6.07) is 5.04. The summed E-state index contributed by atoms with van der Waals surface area (Å²) in [4.78, 5) is 7.50. The Bertz CT molecular complexity index is 562. The zero-order chi connectivity index (χ0) is 14.0. The highest BCUT2D eigenvalue weighted by atomic mass is 19.1. The lowest BCUT2D eigenvalue weighted by molar-refractivity contribution is 0.441. The molecular formula is C15H20FN3. The molecule has 0 aliphatic heterocycles. The first-order chi connectivity index (χ1) is 9.02. The number of benzene rings is 1. The van der Waals surface area contributed by atoms with E-state index < -0.39 is 0 Å². The summed E-state index contributed by atoms with van der Waals surface area (Å²) in [7, 11) is 0. The molecule has 0 saturated heterocycles. The third-order valence-electron chi connectivity index (χ3n) is 3.65. The van der Waals surface area contributed by atoms with Crippen LogP contribution in [0.4, 0.5) is 4.39 Å². The van der Waals surface area contributed by atoms with E-state index in [1.165, 1.54) is 6.07 Å². The number of nitrogens with zero attached hydrogens (tertiary/aromatic N) is 1. The Morgan fingerprint density at radius 3 is 2.79 bits per heavy atom. The lowest BCUT2D eigenvalue weighted by Gasteiger charge is -2.15. The zero-order valence-corrected chi connectivity index (χ0v) is 11.6. The Morgan fingerprint density at radius 1 is 1.42 bits per heavy atom. The second-order valence-corrected chi connectivity index (χ2v) is 5.06. The standard InChI is InChI=1S/C15H20FN3/c1-4-9(2)14(17)15-18-8-13(19-15)11-6-5-10(3)12(16)7-11/h5-9,14H,4,17H2,1-3H3,(H,18,19). The van der Waals surface area contributed by atoms with Gasteiger partial charge in [0.25, 0.3) is 0 Å². The first-order valence-electron chi connectivity index (χ1n) is 6.60. The highest BCUT2D eigenvalue weighted by Crippen LogP contribution is 2.24. The van der Waals surface area contributed by atoms with Crippen LogP contribution < -0.4 is 5.73 Å². The van der Waals surface area contributed by atoms with Crippen LogP contribution in [0.15, 0.2) is 24.4 Å². The van der Waals surface area contributed by atoms with E-state index >= 15 is 0 Å². The predicted molar refractivity (Wildman–Crippen MR) is 75.1 cm³/mol. The molecule has 3 nitrogen and oxygen atoms in total. The maximum Gasteiger partial charge on any atom is 0.126 e. The van der Waals surface area contributed by atoms with Gasteiger partial charge in [-0.1, -0.05) is 32.4 Å². The van der Waals surface area contributed by atoms with Crippen LogP contribution in [0.25, 0.3) is 11.3 Å². The second-order valence-electron chi connectivity index (χ2n) is 5.06. The summed E-state index contributed by atoms with van der Waals surface area (Å²) >= 11 is 0. The van der Waals surface area contributed by atoms with Crippen molar-refractivity contribution in [1.82, 2.24) is 9.97 Å². The lowest BCUT2D eigenvalue weighted by atomic mass is 10.00. The van der Waals surface area contributed by atoms with Crippen molar-refractivity contribution in [2.24, 2.45) is 11.7 Å². The average molecular weight is 261 g/mol. The van der Waals surface area contributed by atoms with Crippen molar-refractivity contribution in [2.45, 2.75) is 33.2 Å². The lowest BCUT2D eigenvalue weighted by Crippen LogP contribution is -2.19. The van der Waals surface area contributed by atoms with E-state index in [-0.39, 0.29) is 11.9 Å². The molecule has 0 saturated carbocycles. The quantitative estimate of drug-likeness (QED) is 0.884. The van der Waals surface area contributed by atoms with Crippen LogP contribution in [0.2, 0.25) is 0 Å². The highest BCUT2D eigenvalue weighted by Gasteiger charge is 2.16. The number of rotatable bonds is 4. The maximum absolute atomic E-state index is 13.6. The molecule has 0 spiro atoms. The van der Waals surface area contributed by atoms with Crippen molar-refractivity contribution < 1.29 is 4.39 Å². The Labute approximate surface area is 113 Å². The number of halogens is 1. The maximum atomic E-state index is 13.6. The van der Waals surface area contributed by atoms with Gasteiger partial charge in [-0.15, -0.1) is 0 Å². The predicted octanol–water partition coefficient (Wildman–Crippen LogP) is 3.57. The van der Waals surface area contributed by atoms with E-state index in [2.05, 4.69) is 23.8 Å². The van der Waals surface area contributed by atoms with Gasteiger partial charge in [-0.05, 0) is 24.5 Å². The van der Waals surface area contributed by atoms with Gasteiger partial charge < -0.3 is 10.7 Å². The van der Waals surface area contributed by atoms with Crippen LogP contribution >= 0.6 is 0 Å². The molecular weight excluding hydrogens is 241 g/mol. The number of aromatic nitrogens is 2. The SMILES string of the molecule is CCC(C)C(N)c1ncc(-c2ccc(C)c(F)c2)[nH]1. The van der Waals surface area contributed by atoms with Crippen molar-refractivity contribution in [3.05, 3.63) is 41.6 Å². The molecule has 2 unspecified atom stereocenters. The number of H-pyrrole nitrogens is 1. The molecule has 2 rings (SSSR count). The molecule has 19 heavy (non-hydrogen) atoms. The van der Waals surface area contributed by atoms with Gasteiger partial charge in [0, 0.05) is 5.56 Å². The number of imidazole rings is 1. The van der Waals surface area contributed by atoms with Gasteiger partial charge >= 0.3 is 0 Å². The molecule has 0 fully saturated rings. The first-order valence-corrected chi connectivity index (χ1v) is 6.60. The molecule has 0 bridgehead atoms. The number of aromatic amines is 1. The molecule has 2 aromatic rings. The summed E-state index contributed by atoms with van der Waals surface area (Å²) < 4.78 is 13.6. The molecule has 0 aliphatic rings. The number of hydrogen-bond donors (Lipinski definition) is 2. The first kappa shape index (κ1) is 13.7. The molecule has 3 N–H and O–H groups in total. The minimum Gasteiger partial charge on any atom is -0.341 e. The number of nitrogens with two attached hydrogens (primary N) is 1. The van der Waals surface area contributed by atoms with Gasteiger partial charge in [0.15, 0.2) is 0 Å². The summed E-state index contributed by atoms with van der Waals surface area (Å²) in [6.07, 6.45) is 2.71. The fourth-order valence-corrected chi connectivity index (χ4v) is 1.94. The number of hydrogen-bond acceptors (Lipinski definition) is 2. The Hall–Kier alpha value is -1.68. The van der Waals surface area contributed by atoms with Crippen molar-refractivity contribution in [2.75, 3.05) is 0 Å². The molecule has 1 heterocycles. The van der Waals surface area contributed by atoms with Gasteiger partial charge in [-0.25, -0.2) is 9.37 Å². The van der Waals surface area contributed by atoms with Crippen molar-refractivity contribution >= 4 is 0 Å². The van der Waals surface area contributed by atoms with E-state index in [0.717, 1.165) is 23.5 Å². The van der Waals surface area contributed by atoms with E-state index in [1.807, 2.05) is 6.07 Å². The zero-order valence-electron chi connectivity index (χ0n) is 11.6. The van der Waals surface area contributed by atoms with Crippen molar-refractivity contribution in [1.29, 1.82) is 0 Å². The summed E-state index contributed by atoms with van der Waals surface area (Å²) in [5.41, 5.74) is 8.35. The van der Waals surface area contributed by atoms with Crippen LogP contribution in [0, 0.1) is 18.7 Å². The van der Waals surface area contributed by atoms with Gasteiger partial charge in [0.2, 0.25) is 0 Å². The van der Waals surface area contributed by atoms with Crippen molar-refractivity contribution in [3.63, 3.8) is 0 Å². The van der Waals surface area contributed by atoms with Gasteiger partial charge in [0.05, 0.1) is 17.9 Å². The van der Waals surface area contributed by atoms with E-state index in [0.29, 0.717) is 11.5 Å². The van der Waals surface area contributed by atoms with Crippen LogP contribution in [0.3, 0.4) is 0 Å². The third kappa shape index (κ3) is 2.84. The van der Waals surface area contributed by atoms with Gasteiger partial charge in [0.1, 0.15) is 11.6 Å². The van der Waals surface area contributed by atoms with Crippen LogP contribution in [-0.2, 0) is 0 Å². The van der Waals surface area contributed by atoms with Crippen molar-refractivity contribution in [3.8, 4) is 11.3 Å². The van der Waals surface area contributed by atoms with Gasteiger partial charge in [-0.2, -0.15) is 0 Å². The van der Waals surface area contributed by atoms with Crippen LogP contribution in [0.1, 0.15) is 37.7 Å². The van der Waals surface area contributed by atoms with E-state index in [1.54, 1.807) is 19.2 Å². The molecule has 0 radical (unpaired) electrons. The minimum atomic E-state index is -0.208. The monoisotopic (exact) mass is 261 g/mol. The van der Waals surface area contributed by atoms with Gasteiger partial charge in [-0.3, -0.25) is 0 Å². The van der Waals surface area contributed by atoms with E-state index in [4.69, 9.17) is 5.73 Å². The number of nitrogens with one attached hydrogen (secondary N) is 1. The Balaban J connectivity index is 2.27. The summed E-state index contributed by atoms with van der Waals surface area (Å²) in [5.74, 6) is 0.902. The molecule has 4 heteroatoms. The molecule has 1 aromatic heterocycles. The molecule has 2 atom stereocenters. The number of aryl methyl sites for hydroxylation is 1. The van der Waals surface area contributed by atoms with Crippen LogP contribution in [-0.4, -0.2) is 9.97 Å². The largest absolute Gasteiger partial charge is 0.341 e. The topological polar surface area (TPSA) is 54.7 Å². The normalized spacial score (nSPS) is 14.4. The molecule has 0 amide bonds. The molecule has 102 valence electrons. The smallest absolute Gasteiger partial charge is 0.126 e. The van der Waals surface area contributed by atoms with E-state index in [9.17, 15) is 4.39 Å². The minimum absolute atomic E-state index is 0.117. The third-order valence-corrected chi connectivity index (χ3v) is 3.65. The summed E-state index contributed by atoms with van der Waals surface area (Å²) in [5, 5.41) is 0. The fraction of sp³-hybridized carbons (Fsp3) is 0.400. The van der Waals surface area contributed by atoms with Crippen LogP contribution in [0.5, 0.6) is 0 Å². The Kier molecular flexibility index (Phi) is 4.00. The highest BCUT2D eigenvalue weighted by molar-refractivity contribution is 5.59. The summed E-state index contributed by atoms with van der Waals surface area (Å²) in [6.45, 7) is 5.94. The molecule has 0 aliphatic carbocycles. The molecule has 1 aromatic carbocycles. The fourth-order valence-electron chi connectivity index (χ4n) is 1.94. The Morgan fingerprint density at radius 2 is 2.16 bits per heavy atom. The second kappa shape index (κ2) is 5.53. The average Bonchev–Trinajstić information content (AvgIpc) is 2.89.